The van der Waals surface area contributed by atoms with Gasteiger partial charge in [-0.25, -0.2) is 4.98 Å². The Balaban J connectivity index is 0.000000159. The fourth-order valence-corrected chi connectivity index (χ4v) is 2.48. The summed E-state index contributed by atoms with van der Waals surface area (Å²) in [4.78, 5) is 20.4. The van der Waals surface area contributed by atoms with Crippen LogP contribution in [-0.4, -0.2) is 24.4 Å². The van der Waals surface area contributed by atoms with Gasteiger partial charge in [0.25, 0.3) is 0 Å². The third-order valence-corrected chi connectivity index (χ3v) is 3.76. The molecule has 0 spiro atoms. The number of nitrogens with one attached hydrogen (secondary N) is 1. The third kappa shape index (κ3) is 4.07. The number of rotatable bonds is 2. The topological polar surface area (TPSA) is 168 Å². The number of nitrogen functional groups attached to an aromatic ring is 3. The van der Waals surface area contributed by atoms with Gasteiger partial charge in [0.05, 0.1) is 28.1 Å². The lowest BCUT2D eigenvalue weighted by molar-refractivity contribution is -0.389. The highest BCUT2D eigenvalue weighted by atomic mass is 35.5. The Kier molecular flexibility index (Phi) is 4.81. The highest BCUT2D eigenvalue weighted by Crippen LogP contribution is 2.22. The van der Waals surface area contributed by atoms with E-state index in [1.807, 2.05) is 0 Å². The normalized spacial score (nSPS) is 10.4. The van der Waals surface area contributed by atoms with Crippen molar-refractivity contribution in [3.05, 3.63) is 64.3 Å². The number of nitrogens with two attached hydrogens (primary N) is 3. The number of hydrogen-bond donors (Lipinski definition) is 4. The molecule has 0 aliphatic rings. The van der Waals surface area contributed by atoms with Crippen LogP contribution in [0.4, 0.5) is 22.9 Å². The molecular weight excluding hydrogens is 372 g/mol. The molecule has 0 radical (unpaired) electrons. The van der Waals surface area contributed by atoms with Gasteiger partial charge in [0.2, 0.25) is 11.6 Å². The van der Waals surface area contributed by atoms with E-state index in [0.29, 0.717) is 22.3 Å². The molecule has 0 aliphatic carbocycles. The lowest BCUT2D eigenvalue weighted by Crippen LogP contribution is -1.93. The number of fused-ring (bicyclic) bond motifs is 1. The lowest BCUT2D eigenvalue weighted by Gasteiger charge is -2.00. The monoisotopic (exact) mass is 386 g/mol. The van der Waals surface area contributed by atoms with Crippen molar-refractivity contribution in [1.29, 1.82) is 0 Å². The summed E-state index contributed by atoms with van der Waals surface area (Å²) in [5.41, 5.74) is 20.7. The molecule has 7 N–H and O–H groups in total. The second kappa shape index (κ2) is 7.22. The number of hydrogen-bond acceptors (Lipinski definition) is 7. The average molecular weight is 387 g/mol. The first-order valence-electron chi connectivity index (χ1n) is 7.58. The molecule has 10 nitrogen and oxygen atoms in total. The minimum Gasteiger partial charge on any atom is -0.399 e. The zero-order valence-electron chi connectivity index (χ0n) is 13.8. The number of nitro groups is 1. The number of halogens is 1. The van der Waals surface area contributed by atoms with Crippen molar-refractivity contribution >= 4 is 45.5 Å². The molecule has 0 saturated heterocycles. The number of nitrogens with zero attached hydrogens (tertiary/aromatic N) is 4. The Morgan fingerprint density at radius 1 is 1.15 bits per heavy atom. The molecule has 4 rings (SSSR count). The van der Waals surface area contributed by atoms with Crippen LogP contribution in [0, 0.1) is 10.1 Å². The number of H-pyrrole nitrogens is 1. The summed E-state index contributed by atoms with van der Waals surface area (Å²) in [6.45, 7) is 0. The number of aromatic amines is 1. The van der Waals surface area contributed by atoms with Gasteiger partial charge < -0.3 is 32.3 Å². The van der Waals surface area contributed by atoms with Crippen LogP contribution in [0.5, 0.6) is 0 Å². The molecule has 2 aromatic carbocycles. The zero-order valence-corrected chi connectivity index (χ0v) is 14.6. The summed E-state index contributed by atoms with van der Waals surface area (Å²) in [6, 6.07) is 10.4. The SMILES string of the molecule is Nc1cc2nc(Cl)[nH]c2cc1N.Nc1cccc(-n2cnc([N+](=O)[O-])c2)c1. The predicted octanol–water partition coefficient (Wildman–Crippen LogP) is 2.74. The van der Waals surface area contributed by atoms with Crippen molar-refractivity contribution in [2.24, 2.45) is 0 Å². The Labute approximate surface area is 157 Å². The standard InChI is InChI=1S/C9H8N4O2.C7H7ClN4/c10-7-2-1-3-8(4-7)12-5-9(11-6-12)13(14)15;8-7-11-5-1-3(9)4(10)2-6(5)12-7/h1-6H,10H2;1-2H,9-10H2,(H,11,12). The maximum absolute atomic E-state index is 10.4. The number of anilines is 3. The van der Waals surface area contributed by atoms with Gasteiger partial charge >= 0.3 is 5.82 Å². The van der Waals surface area contributed by atoms with Crippen LogP contribution in [0.25, 0.3) is 16.7 Å². The van der Waals surface area contributed by atoms with E-state index < -0.39 is 4.92 Å². The van der Waals surface area contributed by atoms with Crippen molar-refractivity contribution in [3.8, 4) is 5.69 Å². The van der Waals surface area contributed by atoms with Crippen molar-refractivity contribution in [2.75, 3.05) is 17.2 Å². The minimum atomic E-state index is -0.539. The van der Waals surface area contributed by atoms with E-state index in [9.17, 15) is 10.1 Å². The van der Waals surface area contributed by atoms with E-state index in [1.54, 1.807) is 41.0 Å². The van der Waals surface area contributed by atoms with E-state index in [2.05, 4.69) is 15.0 Å². The molecule has 0 aliphatic heterocycles. The highest BCUT2D eigenvalue weighted by molar-refractivity contribution is 6.29. The maximum Gasteiger partial charge on any atom is 0.381 e. The Bertz CT molecular complexity index is 1080. The van der Waals surface area contributed by atoms with Crippen LogP contribution in [-0.2, 0) is 0 Å². The first-order valence-corrected chi connectivity index (χ1v) is 7.96. The summed E-state index contributed by atoms with van der Waals surface area (Å²) in [7, 11) is 0. The van der Waals surface area contributed by atoms with E-state index in [0.717, 1.165) is 16.7 Å². The first-order chi connectivity index (χ1) is 12.8. The smallest absolute Gasteiger partial charge is 0.381 e. The van der Waals surface area contributed by atoms with Gasteiger partial charge in [-0.3, -0.25) is 4.57 Å². The number of imidazole rings is 2. The summed E-state index contributed by atoms with van der Waals surface area (Å²) < 4.78 is 1.55. The molecule has 27 heavy (non-hydrogen) atoms. The van der Waals surface area contributed by atoms with Crippen LogP contribution in [0.1, 0.15) is 0 Å². The predicted molar refractivity (Wildman–Crippen MR) is 105 cm³/mol. The largest absolute Gasteiger partial charge is 0.399 e. The van der Waals surface area contributed by atoms with E-state index >= 15 is 0 Å². The average Bonchev–Trinajstić information content (AvgIpc) is 3.22. The Morgan fingerprint density at radius 3 is 2.56 bits per heavy atom. The Morgan fingerprint density at radius 2 is 1.89 bits per heavy atom. The quantitative estimate of drug-likeness (QED) is 0.233. The second-order valence-corrected chi connectivity index (χ2v) is 5.88. The summed E-state index contributed by atoms with van der Waals surface area (Å²) in [6.07, 6.45) is 2.72. The molecule has 0 atom stereocenters. The van der Waals surface area contributed by atoms with E-state index in [1.165, 1.54) is 12.5 Å². The molecule has 4 aromatic rings. The van der Waals surface area contributed by atoms with Crippen molar-refractivity contribution < 1.29 is 4.92 Å². The van der Waals surface area contributed by atoms with Crippen LogP contribution < -0.4 is 17.2 Å². The molecule has 2 heterocycles. The molecule has 0 fully saturated rings. The molecular formula is C16H15ClN8O2. The van der Waals surface area contributed by atoms with Gasteiger partial charge in [0.1, 0.15) is 6.20 Å². The van der Waals surface area contributed by atoms with Gasteiger partial charge in [-0.15, -0.1) is 0 Å². The van der Waals surface area contributed by atoms with Crippen molar-refractivity contribution in [2.45, 2.75) is 0 Å². The van der Waals surface area contributed by atoms with Gasteiger partial charge in [0.15, 0.2) is 0 Å². The summed E-state index contributed by atoms with van der Waals surface area (Å²) in [5, 5.41) is 10.8. The molecule has 0 saturated carbocycles. The van der Waals surface area contributed by atoms with Gasteiger partial charge in [0, 0.05) is 5.69 Å². The number of aromatic nitrogens is 4. The highest BCUT2D eigenvalue weighted by Gasteiger charge is 2.10. The van der Waals surface area contributed by atoms with E-state index in [-0.39, 0.29) is 5.82 Å². The maximum atomic E-state index is 10.4. The van der Waals surface area contributed by atoms with Crippen LogP contribution >= 0.6 is 11.6 Å². The van der Waals surface area contributed by atoms with E-state index in [4.69, 9.17) is 28.8 Å². The molecule has 138 valence electrons. The van der Waals surface area contributed by atoms with Crippen LogP contribution in [0.3, 0.4) is 0 Å². The number of benzene rings is 2. The van der Waals surface area contributed by atoms with Gasteiger partial charge in [-0.1, -0.05) is 6.07 Å². The lowest BCUT2D eigenvalue weighted by atomic mass is 10.2. The van der Waals surface area contributed by atoms with Gasteiger partial charge in [-0.05, 0) is 51.8 Å². The summed E-state index contributed by atoms with van der Waals surface area (Å²) in [5.74, 6) is -0.183. The molecule has 0 amide bonds. The zero-order chi connectivity index (χ0) is 19.6. The fraction of sp³-hybridized carbons (Fsp3) is 0. The fourth-order valence-electron chi connectivity index (χ4n) is 2.29. The molecule has 0 unspecified atom stereocenters. The first kappa shape index (κ1) is 18.0. The molecule has 11 heteroatoms. The van der Waals surface area contributed by atoms with Crippen LogP contribution in [0.2, 0.25) is 5.28 Å². The third-order valence-electron chi connectivity index (χ3n) is 3.58. The van der Waals surface area contributed by atoms with Crippen molar-refractivity contribution in [3.63, 3.8) is 0 Å². The summed E-state index contributed by atoms with van der Waals surface area (Å²) >= 11 is 5.64. The second-order valence-electron chi connectivity index (χ2n) is 5.52. The molecule has 0 bridgehead atoms. The molecule has 2 aromatic heterocycles. The Hall–Kier alpha value is -3.79. The minimum absolute atomic E-state index is 0.183. The van der Waals surface area contributed by atoms with Crippen LogP contribution in [0.15, 0.2) is 48.9 Å². The van der Waals surface area contributed by atoms with Gasteiger partial charge in [-0.2, -0.15) is 0 Å². The van der Waals surface area contributed by atoms with Crippen molar-refractivity contribution in [1.82, 2.24) is 19.5 Å².